The summed E-state index contributed by atoms with van der Waals surface area (Å²) < 4.78 is 0. The Morgan fingerprint density at radius 1 is 1.27 bits per heavy atom. The van der Waals surface area contributed by atoms with Gasteiger partial charge < -0.3 is 15.1 Å². The molecule has 0 atom stereocenters. The molecule has 0 aromatic heterocycles. The van der Waals surface area contributed by atoms with E-state index in [2.05, 4.69) is 5.32 Å². The summed E-state index contributed by atoms with van der Waals surface area (Å²) in [7, 11) is 1.58. The highest BCUT2D eigenvalue weighted by atomic mass is 35.5. The van der Waals surface area contributed by atoms with Crippen LogP contribution < -0.4 is 5.32 Å². The summed E-state index contributed by atoms with van der Waals surface area (Å²) in [5, 5.41) is 3.72. The molecule has 1 saturated heterocycles. The van der Waals surface area contributed by atoms with Crippen molar-refractivity contribution < 1.29 is 9.59 Å². The molecule has 8 heteroatoms. The second-order valence-electron chi connectivity index (χ2n) is 4.89. The summed E-state index contributed by atoms with van der Waals surface area (Å²) >= 11 is 11.9. The van der Waals surface area contributed by atoms with Crippen LogP contribution in [-0.2, 0) is 4.79 Å². The van der Waals surface area contributed by atoms with Gasteiger partial charge in [0.15, 0.2) is 0 Å². The van der Waals surface area contributed by atoms with E-state index >= 15 is 0 Å². The van der Waals surface area contributed by atoms with Gasteiger partial charge in [0.2, 0.25) is 5.91 Å². The third-order valence-electron chi connectivity index (χ3n) is 3.37. The SMILES string of the molecule is CN(CC(=O)N1CCNCC1)C(=O)c1cccc(Cl)c1Cl.Cl. The first-order valence-corrected chi connectivity index (χ1v) is 7.44. The van der Waals surface area contributed by atoms with Gasteiger partial charge in [-0.25, -0.2) is 0 Å². The van der Waals surface area contributed by atoms with Gasteiger partial charge in [-0.15, -0.1) is 12.4 Å². The lowest BCUT2D eigenvalue weighted by Gasteiger charge is -2.29. The second kappa shape index (κ2) is 8.58. The van der Waals surface area contributed by atoms with Gasteiger partial charge in [-0.1, -0.05) is 29.3 Å². The summed E-state index contributed by atoms with van der Waals surface area (Å²) in [6.07, 6.45) is 0. The van der Waals surface area contributed by atoms with E-state index in [0.29, 0.717) is 23.7 Å². The number of hydrogen-bond donors (Lipinski definition) is 1. The van der Waals surface area contributed by atoms with E-state index in [-0.39, 0.29) is 35.8 Å². The number of benzene rings is 1. The normalized spacial score (nSPS) is 14.2. The molecule has 0 unspecified atom stereocenters. The molecule has 22 heavy (non-hydrogen) atoms. The summed E-state index contributed by atoms with van der Waals surface area (Å²) in [6.45, 7) is 2.92. The maximum absolute atomic E-state index is 12.3. The molecule has 1 aromatic carbocycles. The summed E-state index contributed by atoms with van der Waals surface area (Å²) in [5.74, 6) is -0.378. The molecule has 5 nitrogen and oxygen atoms in total. The summed E-state index contributed by atoms with van der Waals surface area (Å²) in [5.41, 5.74) is 0.305. The van der Waals surface area contributed by atoms with Crippen LogP contribution in [0.1, 0.15) is 10.4 Å². The molecule has 0 radical (unpaired) electrons. The highest BCUT2D eigenvalue weighted by molar-refractivity contribution is 6.43. The summed E-state index contributed by atoms with van der Waals surface area (Å²) in [6, 6.07) is 4.88. The van der Waals surface area contributed by atoms with E-state index in [1.54, 1.807) is 30.1 Å². The fourth-order valence-corrected chi connectivity index (χ4v) is 2.54. The van der Waals surface area contributed by atoms with Crippen molar-refractivity contribution in [1.82, 2.24) is 15.1 Å². The number of amides is 2. The zero-order valence-electron chi connectivity index (χ0n) is 12.1. The molecule has 1 N–H and O–H groups in total. The molecule has 1 aliphatic heterocycles. The van der Waals surface area contributed by atoms with Crippen molar-refractivity contribution in [3.05, 3.63) is 33.8 Å². The number of carbonyl (C=O) groups is 2. The Hall–Kier alpha value is -1.01. The minimum absolute atomic E-state index is 0. The number of nitrogens with one attached hydrogen (secondary N) is 1. The Morgan fingerprint density at radius 2 is 1.91 bits per heavy atom. The van der Waals surface area contributed by atoms with Crippen LogP contribution in [0.2, 0.25) is 10.0 Å². The molecule has 2 rings (SSSR count). The third kappa shape index (κ3) is 4.49. The molecule has 2 amide bonds. The van der Waals surface area contributed by atoms with Crippen LogP contribution in [0.5, 0.6) is 0 Å². The molecular formula is C14H18Cl3N3O2. The first-order chi connectivity index (χ1) is 10.0. The van der Waals surface area contributed by atoms with Crippen LogP contribution in [0.15, 0.2) is 18.2 Å². The Bertz CT molecular complexity index is 548. The van der Waals surface area contributed by atoms with E-state index in [9.17, 15) is 9.59 Å². The third-order valence-corrected chi connectivity index (χ3v) is 4.19. The van der Waals surface area contributed by atoms with Crippen LogP contribution in [0, 0.1) is 0 Å². The molecular weight excluding hydrogens is 349 g/mol. The molecule has 1 fully saturated rings. The first kappa shape index (κ1) is 19.0. The van der Waals surface area contributed by atoms with E-state index in [1.165, 1.54) is 4.90 Å². The Labute approximate surface area is 145 Å². The number of halogens is 3. The molecule has 122 valence electrons. The smallest absolute Gasteiger partial charge is 0.255 e. The number of nitrogens with zero attached hydrogens (tertiary/aromatic N) is 2. The maximum atomic E-state index is 12.3. The molecule has 0 spiro atoms. The highest BCUT2D eigenvalue weighted by Crippen LogP contribution is 2.26. The average molecular weight is 367 g/mol. The lowest BCUT2D eigenvalue weighted by Crippen LogP contribution is -2.49. The average Bonchev–Trinajstić information content (AvgIpc) is 2.50. The molecule has 0 saturated carbocycles. The number of carbonyl (C=O) groups excluding carboxylic acids is 2. The van der Waals surface area contributed by atoms with Crippen molar-refractivity contribution in [1.29, 1.82) is 0 Å². The van der Waals surface area contributed by atoms with E-state index in [0.717, 1.165) is 13.1 Å². The minimum atomic E-state index is -0.314. The Kier molecular flexibility index (Phi) is 7.42. The number of likely N-dealkylation sites (N-methyl/N-ethyl adjacent to an activating group) is 1. The van der Waals surface area contributed by atoms with Crippen molar-refractivity contribution in [2.75, 3.05) is 39.8 Å². The van der Waals surface area contributed by atoms with Gasteiger partial charge in [-0.05, 0) is 12.1 Å². The minimum Gasteiger partial charge on any atom is -0.339 e. The van der Waals surface area contributed by atoms with Crippen LogP contribution in [-0.4, -0.2) is 61.4 Å². The first-order valence-electron chi connectivity index (χ1n) is 6.68. The standard InChI is InChI=1S/C14H17Cl2N3O2.ClH/c1-18(9-12(20)19-7-5-17-6-8-19)14(21)10-3-2-4-11(15)13(10)16;/h2-4,17H,5-9H2,1H3;1H. The van der Waals surface area contributed by atoms with Gasteiger partial charge in [0, 0.05) is 33.2 Å². The summed E-state index contributed by atoms with van der Waals surface area (Å²) in [4.78, 5) is 27.6. The fraction of sp³-hybridized carbons (Fsp3) is 0.429. The van der Waals surface area contributed by atoms with E-state index < -0.39 is 0 Å². The number of piperazine rings is 1. The van der Waals surface area contributed by atoms with Crippen molar-refractivity contribution in [2.24, 2.45) is 0 Å². The van der Waals surface area contributed by atoms with Crippen molar-refractivity contribution >= 4 is 47.4 Å². The molecule has 1 heterocycles. The molecule has 1 aliphatic rings. The predicted octanol–water partition coefficient (Wildman–Crippen LogP) is 1.92. The Balaban J connectivity index is 0.00000242. The zero-order chi connectivity index (χ0) is 15.4. The molecule has 0 aliphatic carbocycles. The lowest BCUT2D eigenvalue weighted by atomic mass is 10.2. The molecule has 1 aromatic rings. The van der Waals surface area contributed by atoms with Crippen LogP contribution in [0.4, 0.5) is 0 Å². The maximum Gasteiger partial charge on any atom is 0.255 e. The molecule has 0 bridgehead atoms. The van der Waals surface area contributed by atoms with Crippen molar-refractivity contribution in [3.63, 3.8) is 0 Å². The number of rotatable bonds is 3. The monoisotopic (exact) mass is 365 g/mol. The fourth-order valence-electron chi connectivity index (χ4n) is 2.16. The number of hydrogen-bond acceptors (Lipinski definition) is 3. The van der Waals surface area contributed by atoms with Gasteiger partial charge >= 0.3 is 0 Å². The van der Waals surface area contributed by atoms with Gasteiger partial charge in [-0.2, -0.15) is 0 Å². The second-order valence-corrected chi connectivity index (χ2v) is 5.68. The van der Waals surface area contributed by atoms with Crippen molar-refractivity contribution in [2.45, 2.75) is 0 Å². The van der Waals surface area contributed by atoms with Crippen LogP contribution >= 0.6 is 35.6 Å². The van der Waals surface area contributed by atoms with E-state index in [4.69, 9.17) is 23.2 Å². The van der Waals surface area contributed by atoms with Crippen LogP contribution in [0.3, 0.4) is 0 Å². The predicted molar refractivity (Wildman–Crippen MR) is 90.1 cm³/mol. The van der Waals surface area contributed by atoms with Gasteiger partial charge in [0.25, 0.3) is 5.91 Å². The van der Waals surface area contributed by atoms with Gasteiger partial charge in [0.05, 0.1) is 22.2 Å². The van der Waals surface area contributed by atoms with Gasteiger partial charge in [-0.3, -0.25) is 9.59 Å². The van der Waals surface area contributed by atoms with Gasteiger partial charge in [0.1, 0.15) is 0 Å². The lowest BCUT2D eigenvalue weighted by molar-refractivity contribution is -0.132. The Morgan fingerprint density at radius 3 is 2.55 bits per heavy atom. The highest BCUT2D eigenvalue weighted by Gasteiger charge is 2.22. The quantitative estimate of drug-likeness (QED) is 0.889. The van der Waals surface area contributed by atoms with Crippen LogP contribution in [0.25, 0.3) is 0 Å². The zero-order valence-corrected chi connectivity index (χ0v) is 14.5. The van der Waals surface area contributed by atoms with E-state index in [1.807, 2.05) is 0 Å². The topological polar surface area (TPSA) is 52.7 Å². The van der Waals surface area contributed by atoms with Crippen molar-refractivity contribution in [3.8, 4) is 0 Å². The largest absolute Gasteiger partial charge is 0.339 e.